The maximum absolute atomic E-state index is 11.3. The van der Waals surface area contributed by atoms with E-state index in [1.54, 1.807) is 0 Å². The van der Waals surface area contributed by atoms with Crippen molar-refractivity contribution in [3.8, 4) is 0 Å². The van der Waals surface area contributed by atoms with Gasteiger partial charge in [-0.1, -0.05) is 12.2 Å². The zero-order valence-electron chi connectivity index (χ0n) is 7.42. The molecule has 2 atom stereocenters. The van der Waals surface area contributed by atoms with E-state index < -0.39 is 0 Å². The fourth-order valence-electron chi connectivity index (χ4n) is 1.45. The number of carbonyl (C=O) groups is 1. The van der Waals surface area contributed by atoms with Crippen LogP contribution >= 0.6 is 0 Å². The summed E-state index contributed by atoms with van der Waals surface area (Å²) in [4.78, 5) is 11.3. The zero-order chi connectivity index (χ0) is 8.97. The van der Waals surface area contributed by atoms with Crippen LogP contribution in [0.25, 0.3) is 0 Å². The second kappa shape index (κ2) is 4.26. The number of nitrogens with two attached hydrogens (primary N) is 1. The lowest BCUT2D eigenvalue weighted by atomic mass is 9.91. The second-order valence-electron chi connectivity index (χ2n) is 3.15. The normalized spacial score (nSPS) is 28.5. The fraction of sp³-hybridized carbons (Fsp3) is 0.667. The maximum atomic E-state index is 11.3. The van der Waals surface area contributed by atoms with Gasteiger partial charge in [-0.15, -0.1) is 0 Å². The molecular weight excluding hydrogens is 152 g/mol. The molecule has 0 radical (unpaired) electrons. The molecule has 68 valence electrons. The number of hydrogen-bond donors (Lipinski definition) is 2. The molecule has 0 saturated heterocycles. The fourth-order valence-corrected chi connectivity index (χ4v) is 1.45. The van der Waals surface area contributed by atoms with E-state index in [2.05, 4.69) is 5.32 Å². The van der Waals surface area contributed by atoms with E-state index in [1.165, 1.54) is 0 Å². The molecule has 3 nitrogen and oxygen atoms in total. The lowest BCUT2D eigenvalue weighted by Gasteiger charge is -2.20. The summed E-state index contributed by atoms with van der Waals surface area (Å²) in [6.45, 7) is 2.63. The van der Waals surface area contributed by atoms with Gasteiger partial charge in [-0.2, -0.15) is 0 Å². The van der Waals surface area contributed by atoms with Gasteiger partial charge in [0.15, 0.2) is 0 Å². The van der Waals surface area contributed by atoms with Crippen molar-refractivity contribution in [1.82, 2.24) is 5.32 Å². The molecule has 0 bridgehead atoms. The first-order valence-corrected chi connectivity index (χ1v) is 4.44. The predicted octanol–water partition coefficient (Wildman–Crippen LogP) is 0.416. The Labute approximate surface area is 73.0 Å². The van der Waals surface area contributed by atoms with Crippen molar-refractivity contribution in [2.24, 2.45) is 11.7 Å². The molecule has 1 amide bonds. The molecule has 1 aliphatic rings. The maximum Gasteiger partial charge on any atom is 0.223 e. The molecule has 0 saturated carbocycles. The smallest absolute Gasteiger partial charge is 0.223 e. The molecule has 0 spiro atoms. The largest absolute Gasteiger partial charge is 0.356 e. The van der Waals surface area contributed by atoms with Crippen LogP contribution in [0, 0.1) is 5.92 Å². The molecule has 0 fully saturated rings. The summed E-state index contributed by atoms with van der Waals surface area (Å²) in [7, 11) is 0. The highest BCUT2D eigenvalue weighted by atomic mass is 16.1. The number of allylic oxidation sites excluding steroid dienone is 1. The van der Waals surface area contributed by atoms with Crippen molar-refractivity contribution in [2.45, 2.75) is 25.8 Å². The van der Waals surface area contributed by atoms with Crippen molar-refractivity contribution in [1.29, 1.82) is 0 Å². The lowest BCUT2D eigenvalue weighted by Crippen LogP contribution is -2.35. The molecule has 0 aliphatic heterocycles. The van der Waals surface area contributed by atoms with E-state index in [0.717, 1.165) is 12.8 Å². The minimum atomic E-state index is 0.0614. The van der Waals surface area contributed by atoms with Crippen molar-refractivity contribution < 1.29 is 4.79 Å². The van der Waals surface area contributed by atoms with Crippen LogP contribution in [0.5, 0.6) is 0 Å². The van der Waals surface area contributed by atoms with Crippen molar-refractivity contribution >= 4 is 5.91 Å². The lowest BCUT2D eigenvalue weighted by molar-refractivity contribution is -0.125. The molecular formula is C9H16N2O. The molecule has 3 N–H and O–H groups in total. The molecule has 0 unspecified atom stereocenters. The Balaban J connectivity index is 2.43. The SMILES string of the molecule is CCNC(=O)[C@H]1CC=C[C@H](N)C1. The minimum absolute atomic E-state index is 0.0614. The van der Waals surface area contributed by atoms with Crippen LogP contribution in [-0.4, -0.2) is 18.5 Å². The van der Waals surface area contributed by atoms with E-state index in [1.807, 2.05) is 19.1 Å². The van der Waals surface area contributed by atoms with Crippen molar-refractivity contribution in [3.63, 3.8) is 0 Å². The van der Waals surface area contributed by atoms with Crippen molar-refractivity contribution in [2.75, 3.05) is 6.54 Å². The van der Waals surface area contributed by atoms with E-state index in [0.29, 0.717) is 6.54 Å². The minimum Gasteiger partial charge on any atom is -0.356 e. The highest BCUT2D eigenvalue weighted by Crippen LogP contribution is 2.17. The van der Waals surface area contributed by atoms with Gasteiger partial charge in [-0.3, -0.25) is 4.79 Å². The average molecular weight is 168 g/mol. The number of rotatable bonds is 2. The van der Waals surface area contributed by atoms with E-state index in [9.17, 15) is 4.79 Å². The first-order valence-electron chi connectivity index (χ1n) is 4.44. The Hall–Kier alpha value is -0.830. The van der Waals surface area contributed by atoms with Gasteiger partial charge < -0.3 is 11.1 Å². The van der Waals surface area contributed by atoms with Gasteiger partial charge in [-0.05, 0) is 19.8 Å². The summed E-state index contributed by atoms with van der Waals surface area (Å²) in [6, 6.07) is 0.0614. The van der Waals surface area contributed by atoms with Crippen molar-refractivity contribution in [3.05, 3.63) is 12.2 Å². The topological polar surface area (TPSA) is 55.1 Å². The molecule has 0 heterocycles. The van der Waals surface area contributed by atoms with Crippen LogP contribution in [0.1, 0.15) is 19.8 Å². The molecule has 12 heavy (non-hydrogen) atoms. The van der Waals surface area contributed by atoms with Crippen LogP contribution in [-0.2, 0) is 4.79 Å². The van der Waals surface area contributed by atoms with E-state index >= 15 is 0 Å². The molecule has 1 rings (SSSR count). The van der Waals surface area contributed by atoms with Crippen LogP contribution in [0.15, 0.2) is 12.2 Å². The van der Waals surface area contributed by atoms with Crippen LogP contribution in [0.2, 0.25) is 0 Å². The number of carbonyl (C=O) groups excluding carboxylic acids is 1. The monoisotopic (exact) mass is 168 g/mol. The first-order chi connectivity index (χ1) is 5.74. The highest BCUT2D eigenvalue weighted by Gasteiger charge is 2.21. The second-order valence-corrected chi connectivity index (χ2v) is 3.15. The zero-order valence-corrected chi connectivity index (χ0v) is 7.42. The Morgan fingerprint density at radius 1 is 1.75 bits per heavy atom. The van der Waals surface area contributed by atoms with E-state index in [4.69, 9.17) is 5.73 Å². The first kappa shape index (κ1) is 9.26. The van der Waals surface area contributed by atoms with Gasteiger partial charge in [0, 0.05) is 18.5 Å². The van der Waals surface area contributed by atoms with Gasteiger partial charge in [0.05, 0.1) is 0 Å². The van der Waals surface area contributed by atoms with E-state index in [-0.39, 0.29) is 17.9 Å². The van der Waals surface area contributed by atoms with Crippen LogP contribution in [0.4, 0.5) is 0 Å². The van der Waals surface area contributed by atoms with Crippen LogP contribution in [0.3, 0.4) is 0 Å². The summed E-state index contributed by atoms with van der Waals surface area (Å²) in [6.07, 6.45) is 5.58. The molecule has 0 aromatic rings. The Morgan fingerprint density at radius 3 is 3.08 bits per heavy atom. The Kier molecular flexibility index (Phi) is 3.29. The van der Waals surface area contributed by atoms with Crippen LogP contribution < -0.4 is 11.1 Å². The Morgan fingerprint density at radius 2 is 2.50 bits per heavy atom. The quantitative estimate of drug-likeness (QED) is 0.587. The highest BCUT2D eigenvalue weighted by molar-refractivity contribution is 5.79. The third kappa shape index (κ3) is 2.34. The summed E-state index contributed by atoms with van der Waals surface area (Å²) >= 11 is 0. The number of nitrogens with one attached hydrogen (secondary N) is 1. The molecule has 0 aromatic heterocycles. The van der Waals surface area contributed by atoms with Gasteiger partial charge in [0.2, 0.25) is 5.91 Å². The number of hydrogen-bond acceptors (Lipinski definition) is 2. The molecule has 0 aromatic carbocycles. The summed E-state index contributed by atoms with van der Waals surface area (Å²) in [5, 5.41) is 2.81. The summed E-state index contributed by atoms with van der Waals surface area (Å²) < 4.78 is 0. The number of amides is 1. The molecule has 3 heteroatoms. The third-order valence-corrected chi connectivity index (χ3v) is 2.08. The molecule has 1 aliphatic carbocycles. The average Bonchev–Trinajstić information content (AvgIpc) is 2.05. The van der Waals surface area contributed by atoms with Gasteiger partial charge in [-0.25, -0.2) is 0 Å². The van der Waals surface area contributed by atoms with Gasteiger partial charge >= 0.3 is 0 Å². The predicted molar refractivity (Wildman–Crippen MR) is 48.5 cm³/mol. The standard InChI is InChI=1S/C9H16N2O/c1-2-11-9(12)7-4-3-5-8(10)6-7/h3,5,7-8H,2,4,6,10H2,1H3,(H,11,12)/t7-,8-/m0/s1. The Bertz CT molecular complexity index is 189. The van der Waals surface area contributed by atoms with Gasteiger partial charge in [0.1, 0.15) is 0 Å². The van der Waals surface area contributed by atoms with Gasteiger partial charge in [0.25, 0.3) is 0 Å². The summed E-state index contributed by atoms with van der Waals surface area (Å²) in [5.41, 5.74) is 5.69. The third-order valence-electron chi connectivity index (χ3n) is 2.08. The summed E-state index contributed by atoms with van der Waals surface area (Å²) in [5.74, 6) is 0.224.